The van der Waals surface area contributed by atoms with E-state index in [-0.39, 0.29) is 29.8 Å². The maximum atomic E-state index is 13.6. The lowest BCUT2D eigenvalue weighted by Crippen LogP contribution is -2.37. The Morgan fingerprint density at radius 3 is 2.52 bits per heavy atom. The van der Waals surface area contributed by atoms with Gasteiger partial charge < -0.3 is 15.1 Å². The van der Waals surface area contributed by atoms with Crippen LogP contribution in [0.3, 0.4) is 0 Å². The van der Waals surface area contributed by atoms with Crippen molar-refractivity contribution in [3.63, 3.8) is 0 Å². The second-order valence-corrected chi connectivity index (χ2v) is 5.08. The Balaban J connectivity index is 0.00000264. The molecule has 0 spiro atoms. The lowest BCUT2D eigenvalue weighted by Gasteiger charge is -2.11. The molecule has 0 radical (unpaired) electrons. The van der Waals surface area contributed by atoms with E-state index >= 15 is 0 Å². The normalized spacial score (nSPS) is 11.0. The van der Waals surface area contributed by atoms with Crippen LogP contribution >= 0.6 is 24.0 Å². The summed E-state index contributed by atoms with van der Waals surface area (Å²) >= 11 is 0. The van der Waals surface area contributed by atoms with Gasteiger partial charge in [0.05, 0.1) is 6.54 Å². The van der Waals surface area contributed by atoms with E-state index in [9.17, 15) is 4.39 Å². The number of hydrogen-bond acceptors (Lipinski definition) is 2. The molecule has 0 aliphatic heterocycles. The zero-order valence-corrected chi connectivity index (χ0v) is 16.0. The highest BCUT2D eigenvalue weighted by atomic mass is 127. The van der Waals surface area contributed by atoms with Gasteiger partial charge in [-0.3, -0.25) is 0 Å². The van der Waals surface area contributed by atoms with Gasteiger partial charge in [-0.2, -0.15) is 0 Å². The van der Waals surface area contributed by atoms with Crippen molar-refractivity contribution >= 4 is 29.9 Å². The standard InChI is InChI=1S/C17H22FN3O.HI/c1-4-19-17(20-10-14-7-5-6-8-16(14)18)21-11-15-9-12(2)22-13(15)3;/h5-9H,4,10-11H2,1-3H3,(H2,19,20,21);1H. The zero-order valence-electron chi connectivity index (χ0n) is 13.6. The molecule has 2 rings (SSSR count). The predicted octanol–water partition coefficient (Wildman–Crippen LogP) is 3.91. The number of aryl methyl sites for hydroxylation is 2. The van der Waals surface area contributed by atoms with Crippen LogP contribution in [0.2, 0.25) is 0 Å². The summed E-state index contributed by atoms with van der Waals surface area (Å²) in [5, 5.41) is 6.30. The number of rotatable bonds is 5. The second kappa shape index (κ2) is 9.54. The molecule has 4 nitrogen and oxygen atoms in total. The molecule has 0 fully saturated rings. The molecule has 0 atom stereocenters. The Kier molecular flexibility index (Phi) is 8.08. The minimum absolute atomic E-state index is 0. The molecule has 0 amide bonds. The largest absolute Gasteiger partial charge is 0.466 e. The summed E-state index contributed by atoms with van der Waals surface area (Å²) in [6.07, 6.45) is 0. The minimum atomic E-state index is -0.216. The average Bonchev–Trinajstić information content (AvgIpc) is 2.81. The maximum absolute atomic E-state index is 13.6. The first-order valence-corrected chi connectivity index (χ1v) is 7.41. The number of aliphatic imine (C=N–C) groups is 1. The van der Waals surface area contributed by atoms with E-state index in [0.717, 1.165) is 23.6 Å². The smallest absolute Gasteiger partial charge is 0.191 e. The lowest BCUT2D eigenvalue weighted by molar-refractivity contribution is 0.501. The number of hydrogen-bond donors (Lipinski definition) is 2. The predicted molar refractivity (Wildman–Crippen MR) is 102 cm³/mol. The van der Waals surface area contributed by atoms with Gasteiger partial charge in [0.2, 0.25) is 0 Å². The van der Waals surface area contributed by atoms with Gasteiger partial charge in [-0.15, -0.1) is 24.0 Å². The van der Waals surface area contributed by atoms with Crippen molar-refractivity contribution < 1.29 is 8.81 Å². The third-order valence-corrected chi connectivity index (χ3v) is 3.30. The first-order chi connectivity index (χ1) is 10.6. The van der Waals surface area contributed by atoms with Crippen LogP contribution in [0.1, 0.15) is 29.6 Å². The van der Waals surface area contributed by atoms with E-state index in [2.05, 4.69) is 15.6 Å². The number of nitrogens with one attached hydrogen (secondary N) is 2. The molecule has 23 heavy (non-hydrogen) atoms. The summed E-state index contributed by atoms with van der Waals surface area (Å²) in [5.41, 5.74) is 1.67. The number of benzene rings is 1. The summed E-state index contributed by atoms with van der Waals surface area (Å²) in [7, 11) is 0. The van der Waals surface area contributed by atoms with E-state index in [1.54, 1.807) is 12.1 Å². The summed E-state index contributed by atoms with van der Waals surface area (Å²) in [5.74, 6) is 2.20. The van der Waals surface area contributed by atoms with Crippen LogP contribution in [0.4, 0.5) is 4.39 Å². The fourth-order valence-corrected chi connectivity index (χ4v) is 2.17. The van der Waals surface area contributed by atoms with Gasteiger partial charge in [0, 0.05) is 24.2 Å². The van der Waals surface area contributed by atoms with Gasteiger partial charge in [0.25, 0.3) is 0 Å². The highest BCUT2D eigenvalue weighted by Gasteiger charge is 2.05. The van der Waals surface area contributed by atoms with Crippen molar-refractivity contribution in [2.45, 2.75) is 33.9 Å². The molecule has 1 aromatic carbocycles. The fourth-order valence-electron chi connectivity index (χ4n) is 2.17. The van der Waals surface area contributed by atoms with Crippen molar-refractivity contribution in [2.75, 3.05) is 6.54 Å². The van der Waals surface area contributed by atoms with Crippen molar-refractivity contribution in [3.05, 3.63) is 58.8 Å². The molecule has 2 N–H and O–H groups in total. The topological polar surface area (TPSA) is 49.6 Å². The monoisotopic (exact) mass is 431 g/mol. The summed E-state index contributed by atoms with van der Waals surface area (Å²) in [6.45, 7) is 7.50. The van der Waals surface area contributed by atoms with Crippen LogP contribution in [0.5, 0.6) is 0 Å². The van der Waals surface area contributed by atoms with Crippen molar-refractivity contribution in [3.8, 4) is 0 Å². The van der Waals surface area contributed by atoms with E-state index in [1.165, 1.54) is 6.07 Å². The molecule has 126 valence electrons. The minimum Gasteiger partial charge on any atom is -0.466 e. The van der Waals surface area contributed by atoms with Crippen LogP contribution in [0.15, 0.2) is 39.7 Å². The Morgan fingerprint density at radius 2 is 1.91 bits per heavy atom. The molecule has 1 aromatic heterocycles. The number of nitrogens with zero attached hydrogens (tertiary/aromatic N) is 1. The highest BCUT2D eigenvalue weighted by molar-refractivity contribution is 14.0. The van der Waals surface area contributed by atoms with Gasteiger partial charge in [0.15, 0.2) is 5.96 Å². The molecule has 0 aliphatic rings. The Bertz CT molecular complexity index is 655. The summed E-state index contributed by atoms with van der Waals surface area (Å²) in [4.78, 5) is 4.51. The van der Waals surface area contributed by atoms with Gasteiger partial charge >= 0.3 is 0 Å². The molecule has 0 saturated heterocycles. The molecule has 6 heteroatoms. The van der Waals surface area contributed by atoms with Gasteiger partial charge in [-0.25, -0.2) is 9.38 Å². The second-order valence-electron chi connectivity index (χ2n) is 5.08. The van der Waals surface area contributed by atoms with Gasteiger partial charge in [-0.05, 0) is 32.9 Å². The van der Waals surface area contributed by atoms with Crippen LogP contribution in [-0.4, -0.2) is 12.5 Å². The van der Waals surface area contributed by atoms with Crippen molar-refractivity contribution in [1.82, 2.24) is 10.6 Å². The fraction of sp³-hybridized carbons (Fsp3) is 0.353. The molecule has 2 aromatic rings. The lowest BCUT2D eigenvalue weighted by atomic mass is 10.2. The van der Waals surface area contributed by atoms with Crippen LogP contribution in [-0.2, 0) is 13.1 Å². The third-order valence-electron chi connectivity index (χ3n) is 3.30. The Labute approximate surface area is 153 Å². The van der Waals surface area contributed by atoms with Gasteiger partial charge in [0.1, 0.15) is 17.3 Å². The quantitative estimate of drug-likeness (QED) is 0.429. The van der Waals surface area contributed by atoms with Crippen LogP contribution < -0.4 is 10.6 Å². The van der Waals surface area contributed by atoms with E-state index in [4.69, 9.17) is 4.42 Å². The summed E-state index contributed by atoms with van der Waals surface area (Å²) < 4.78 is 19.1. The molecule has 0 aliphatic carbocycles. The average molecular weight is 431 g/mol. The maximum Gasteiger partial charge on any atom is 0.191 e. The molecule has 1 heterocycles. The first-order valence-electron chi connectivity index (χ1n) is 7.41. The number of guanidine groups is 1. The molecular formula is C17H23FIN3O. The van der Waals surface area contributed by atoms with E-state index in [0.29, 0.717) is 24.6 Å². The number of halogens is 2. The zero-order chi connectivity index (χ0) is 15.9. The molecular weight excluding hydrogens is 408 g/mol. The van der Waals surface area contributed by atoms with E-state index in [1.807, 2.05) is 32.9 Å². The number of furan rings is 1. The molecule has 0 bridgehead atoms. The Morgan fingerprint density at radius 1 is 1.17 bits per heavy atom. The summed E-state index contributed by atoms with van der Waals surface area (Å²) in [6, 6.07) is 8.71. The first kappa shape index (κ1) is 19.5. The third kappa shape index (κ3) is 5.85. The van der Waals surface area contributed by atoms with Crippen molar-refractivity contribution in [2.24, 2.45) is 4.99 Å². The van der Waals surface area contributed by atoms with Crippen LogP contribution in [0, 0.1) is 19.7 Å². The van der Waals surface area contributed by atoms with Crippen molar-refractivity contribution in [1.29, 1.82) is 0 Å². The molecule has 0 saturated carbocycles. The SMILES string of the molecule is CCNC(=NCc1cc(C)oc1C)NCc1ccccc1F.I. The molecule has 0 unspecified atom stereocenters. The van der Waals surface area contributed by atoms with Gasteiger partial charge in [-0.1, -0.05) is 18.2 Å². The highest BCUT2D eigenvalue weighted by Crippen LogP contribution is 2.14. The van der Waals surface area contributed by atoms with Crippen LogP contribution in [0.25, 0.3) is 0 Å². The Hall–Kier alpha value is -1.57. The van der Waals surface area contributed by atoms with E-state index < -0.39 is 0 Å².